The first-order valence-electron chi connectivity index (χ1n) is 6.43. The van der Waals surface area contributed by atoms with Gasteiger partial charge in [0.15, 0.2) is 11.5 Å². The van der Waals surface area contributed by atoms with Gasteiger partial charge in [-0.25, -0.2) is 0 Å². The van der Waals surface area contributed by atoms with E-state index in [0.29, 0.717) is 30.6 Å². The number of nitrogens with one attached hydrogen (secondary N) is 1. The van der Waals surface area contributed by atoms with Crippen LogP contribution in [0.2, 0.25) is 0 Å². The minimum absolute atomic E-state index is 0.0326. The Balaban J connectivity index is 2.06. The molecule has 2 heterocycles. The molecule has 0 aliphatic carbocycles. The standard InChI is InChI=1S/C12H17N5O3/c1-3-19-8-11(18)13-7-10-15-14-9-5-6-12(20-4-2)16-17(9)10/h5-6H,3-4,7-8H2,1-2H3,(H,13,18). The van der Waals surface area contributed by atoms with Crippen LogP contribution in [0.25, 0.3) is 5.65 Å². The zero-order chi connectivity index (χ0) is 14.4. The largest absolute Gasteiger partial charge is 0.477 e. The number of carbonyl (C=O) groups is 1. The van der Waals surface area contributed by atoms with Crippen molar-refractivity contribution in [3.63, 3.8) is 0 Å². The van der Waals surface area contributed by atoms with E-state index < -0.39 is 0 Å². The van der Waals surface area contributed by atoms with Crippen LogP contribution in [0.4, 0.5) is 0 Å². The summed E-state index contributed by atoms with van der Waals surface area (Å²) in [5.41, 5.74) is 0.600. The number of nitrogens with zero attached hydrogens (tertiary/aromatic N) is 4. The molecule has 108 valence electrons. The van der Waals surface area contributed by atoms with Gasteiger partial charge in [-0.2, -0.15) is 4.52 Å². The molecule has 2 rings (SSSR count). The fourth-order valence-corrected chi connectivity index (χ4v) is 1.58. The number of rotatable bonds is 7. The van der Waals surface area contributed by atoms with Crippen molar-refractivity contribution in [1.82, 2.24) is 25.1 Å². The summed E-state index contributed by atoms with van der Waals surface area (Å²) in [7, 11) is 0. The molecule has 1 N–H and O–H groups in total. The Morgan fingerprint density at radius 1 is 1.30 bits per heavy atom. The van der Waals surface area contributed by atoms with Crippen LogP contribution >= 0.6 is 0 Å². The van der Waals surface area contributed by atoms with Crippen molar-refractivity contribution in [3.05, 3.63) is 18.0 Å². The lowest BCUT2D eigenvalue weighted by molar-refractivity contribution is -0.125. The number of ether oxygens (including phenoxy) is 2. The summed E-state index contributed by atoms with van der Waals surface area (Å²) in [5.74, 6) is 0.817. The summed E-state index contributed by atoms with van der Waals surface area (Å²) in [6.45, 7) is 5.01. The van der Waals surface area contributed by atoms with Gasteiger partial charge in [-0.3, -0.25) is 4.79 Å². The van der Waals surface area contributed by atoms with Gasteiger partial charge in [-0.05, 0) is 19.9 Å². The van der Waals surface area contributed by atoms with Crippen molar-refractivity contribution in [3.8, 4) is 5.88 Å². The van der Waals surface area contributed by atoms with Gasteiger partial charge >= 0.3 is 0 Å². The van der Waals surface area contributed by atoms with Crippen molar-refractivity contribution in [1.29, 1.82) is 0 Å². The van der Waals surface area contributed by atoms with E-state index in [1.54, 1.807) is 16.6 Å². The predicted molar refractivity (Wildman–Crippen MR) is 70.3 cm³/mol. The lowest BCUT2D eigenvalue weighted by Gasteiger charge is -2.05. The highest BCUT2D eigenvalue weighted by molar-refractivity contribution is 5.77. The lowest BCUT2D eigenvalue weighted by atomic mass is 10.5. The first-order valence-corrected chi connectivity index (χ1v) is 6.43. The predicted octanol–water partition coefficient (Wildman–Crippen LogP) is 0.176. The van der Waals surface area contributed by atoms with Crippen LogP contribution in [0.5, 0.6) is 5.88 Å². The Labute approximate surface area is 116 Å². The minimum Gasteiger partial charge on any atom is -0.477 e. The molecule has 0 atom stereocenters. The molecule has 0 saturated carbocycles. The van der Waals surface area contributed by atoms with E-state index in [1.165, 1.54) is 0 Å². The smallest absolute Gasteiger partial charge is 0.246 e. The zero-order valence-corrected chi connectivity index (χ0v) is 11.5. The summed E-state index contributed by atoms with van der Waals surface area (Å²) in [6.07, 6.45) is 0. The highest BCUT2D eigenvalue weighted by atomic mass is 16.5. The number of carbonyl (C=O) groups excluding carboxylic acids is 1. The molecule has 0 aliphatic rings. The molecule has 0 aliphatic heterocycles. The van der Waals surface area contributed by atoms with Gasteiger partial charge in [0.1, 0.15) is 6.61 Å². The molecule has 0 fully saturated rings. The highest BCUT2D eigenvalue weighted by Gasteiger charge is 2.09. The van der Waals surface area contributed by atoms with Crippen LogP contribution in [-0.2, 0) is 16.1 Å². The third kappa shape index (κ3) is 3.41. The number of hydrogen-bond acceptors (Lipinski definition) is 6. The van der Waals surface area contributed by atoms with Crippen LogP contribution in [0.3, 0.4) is 0 Å². The first kappa shape index (κ1) is 14.2. The third-order valence-electron chi connectivity index (χ3n) is 2.48. The second-order valence-electron chi connectivity index (χ2n) is 3.90. The van der Waals surface area contributed by atoms with Crippen LogP contribution < -0.4 is 10.1 Å². The average molecular weight is 279 g/mol. The molecule has 20 heavy (non-hydrogen) atoms. The van der Waals surface area contributed by atoms with Gasteiger partial charge in [0, 0.05) is 12.7 Å². The van der Waals surface area contributed by atoms with Gasteiger partial charge in [0.05, 0.1) is 13.2 Å². The molecule has 8 nitrogen and oxygen atoms in total. The Hall–Kier alpha value is -2.22. The van der Waals surface area contributed by atoms with E-state index in [0.717, 1.165) is 0 Å². The van der Waals surface area contributed by atoms with Crippen molar-refractivity contribution in [2.45, 2.75) is 20.4 Å². The molecule has 1 amide bonds. The zero-order valence-electron chi connectivity index (χ0n) is 11.5. The molecule has 8 heteroatoms. The number of aromatic nitrogens is 4. The summed E-state index contributed by atoms with van der Waals surface area (Å²) >= 11 is 0. The second kappa shape index (κ2) is 6.80. The molecule has 0 saturated heterocycles. The SMILES string of the molecule is CCOCC(=O)NCc1nnc2ccc(OCC)nn12. The second-order valence-corrected chi connectivity index (χ2v) is 3.90. The molecule has 0 spiro atoms. The fourth-order valence-electron chi connectivity index (χ4n) is 1.58. The Kier molecular flexibility index (Phi) is 4.83. The van der Waals surface area contributed by atoms with Crippen molar-refractivity contribution < 1.29 is 14.3 Å². The minimum atomic E-state index is -0.204. The third-order valence-corrected chi connectivity index (χ3v) is 2.48. The van der Waals surface area contributed by atoms with Crippen LogP contribution in [-0.4, -0.2) is 45.5 Å². The maximum absolute atomic E-state index is 11.5. The van der Waals surface area contributed by atoms with Crippen LogP contribution in [0.1, 0.15) is 19.7 Å². The molecule has 0 aromatic carbocycles. The number of fused-ring (bicyclic) bond motifs is 1. The maximum atomic E-state index is 11.5. The number of amides is 1. The normalized spacial score (nSPS) is 10.7. The molecule has 2 aromatic rings. The lowest BCUT2D eigenvalue weighted by Crippen LogP contribution is -2.28. The van der Waals surface area contributed by atoms with E-state index in [2.05, 4.69) is 20.6 Å². The van der Waals surface area contributed by atoms with Gasteiger partial charge in [0.2, 0.25) is 11.8 Å². The highest BCUT2D eigenvalue weighted by Crippen LogP contribution is 2.09. The summed E-state index contributed by atoms with van der Waals surface area (Å²) in [4.78, 5) is 11.5. The monoisotopic (exact) mass is 279 g/mol. The molecule has 2 aromatic heterocycles. The Morgan fingerprint density at radius 3 is 2.90 bits per heavy atom. The summed E-state index contributed by atoms with van der Waals surface area (Å²) in [6, 6.07) is 3.49. The van der Waals surface area contributed by atoms with Crippen LogP contribution in [0, 0.1) is 0 Å². The molecular weight excluding hydrogens is 262 g/mol. The van der Waals surface area contributed by atoms with Gasteiger partial charge < -0.3 is 14.8 Å². The number of hydrogen-bond donors (Lipinski definition) is 1. The van der Waals surface area contributed by atoms with E-state index in [-0.39, 0.29) is 19.1 Å². The van der Waals surface area contributed by atoms with Crippen molar-refractivity contribution >= 4 is 11.6 Å². The maximum Gasteiger partial charge on any atom is 0.246 e. The Bertz CT molecular complexity index is 583. The summed E-state index contributed by atoms with van der Waals surface area (Å²) in [5, 5.41) is 14.9. The first-order chi connectivity index (χ1) is 9.74. The van der Waals surface area contributed by atoms with Crippen molar-refractivity contribution in [2.24, 2.45) is 0 Å². The fraction of sp³-hybridized carbons (Fsp3) is 0.500. The van der Waals surface area contributed by atoms with Gasteiger partial charge in [-0.15, -0.1) is 15.3 Å². The average Bonchev–Trinajstić information content (AvgIpc) is 2.86. The topological polar surface area (TPSA) is 90.6 Å². The van der Waals surface area contributed by atoms with E-state index in [4.69, 9.17) is 9.47 Å². The van der Waals surface area contributed by atoms with E-state index in [9.17, 15) is 4.79 Å². The molecular formula is C12H17N5O3. The van der Waals surface area contributed by atoms with Crippen molar-refractivity contribution in [2.75, 3.05) is 19.8 Å². The molecule has 0 bridgehead atoms. The van der Waals surface area contributed by atoms with Crippen LogP contribution in [0.15, 0.2) is 12.1 Å². The summed E-state index contributed by atoms with van der Waals surface area (Å²) < 4.78 is 11.9. The molecule has 0 radical (unpaired) electrons. The quantitative estimate of drug-likeness (QED) is 0.777. The van der Waals surface area contributed by atoms with Gasteiger partial charge in [-0.1, -0.05) is 0 Å². The molecule has 0 unspecified atom stereocenters. The van der Waals surface area contributed by atoms with E-state index >= 15 is 0 Å². The van der Waals surface area contributed by atoms with E-state index in [1.807, 2.05) is 13.8 Å². The Morgan fingerprint density at radius 2 is 2.15 bits per heavy atom. The van der Waals surface area contributed by atoms with Gasteiger partial charge in [0.25, 0.3) is 0 Å².